The molecule has 1 aliphatic heterocycles. The lowest BCUT2D eigenvalue weighted by Gasteiger charge is -2.32. The number of aromatic amines is 1. The van der Waals surface area contributed by atoms with E-state index < -0.39 is 0 Å². The van der Waals surface area contributed by atoms with E-state index in [9.17, 15) is 4.79 Å². The van der Waals surface area contributed by atoms with Gasteiger partial charge in [0.1, 0.15) is 11.5 Å². The summed E-state index contributed by atoms with van der Waals surface area (Å²) < 4.78 is 0. The predicted octanol–water partition coefficient (Wildman–Crippen LogP) is 5.72. The van der Waals surface area contributed by atoms with Gasteiger partial charge < -0.3 is 10.3 Å². The Bertz CT molecular complexity index is 1060. The number of imidazole rings is 1. The first-order valence-electron chi connectivity index (χ1n) is 11.1. The van der Waals surface area contributed by atoms with Crippen LogP contribution in [0.3, 0.4) is 0 Å². The molecular weight excluding hydrogens is 443 g/mol. The van der Waals surface area contributed by atoms with E-state index in [2.05, 4.69) is 50.5 Å². The monoisotopic (exact) mass is 470 g/mol. The van der Waals surface area contributed by atoms with Gasteiger partial charge in [0.05, 0.1) is 5.02 Å². The molecule has 1 aliphatic rings. The van der Waals surface area contributed by atoms with Crippen LogP contribution in [0.2, 0.25) is 10.0 Å². The van der Waals surface area contributed by atoms with Gasteiger partial charge in [0, 0.05) is 29.4 Å². The van der Waals surface area contributed by atoms with E-state index in [1.165, 1.54) is 18.4 Å². The number of aryl methyl sites for hydroxylation is 1. The van der Waals surface area contributed by atoms with Crippen molar-refractivity contribution in [3.8, 4) is 11.4 Å². The SMILES string of the molecule is Cc1[nH]c(-c2ccc(Cl)cc2Cl)nc1C(=O)NCCC1CCN(Cc2ccccc2)CC1. The fourth-order valence-electron chi connectivity index (χ4n) is 4.24. The van der Waals surface area contributed by atoms with Crippen LogP contribution in [0, 0.1) is 12.8 Å². The number of hydrogen-bond donors (Lipinski definition) is 2. The normalized spacial score (nSPS) is 15.1. The molecule has 0 spiro atoms. The number of nitrogens with one attached hydrogen (secondary N) is 2. The van der Waals surface area contributed by atoms with Gasteiger partial charge >= 0.3 is 0 Å². The van der Waals surface area contributed by atoms with E-state index in [0.717, 1.165) is 37.3 Å². The second-order valence-corrected chi connectivity index (χ2v) is 9.28. The summed E-state index contributed by atoms with van der Waals surface area (Å²) in [6, 6.07) is 15.8. The van der Waals surface area contributed by atoms with Crippen molar-refractivity contribution in [1.29, 1.82) is 0 Å². The highest BCUT2D eigenvalue weighted by Gasteiger charge is 2.21. The number of nitrogens with zero attached hydrogens (tertiary/aromatic N) is 2. The summed E-state index contributed by atoms with van der Waals surface area (Å²) in [6.07, 6.45) is 3.33. The Kier molecular flexibility index (Phi) is 7.51. The second kappa shape index (κ2) is 10.5. The maximum atomic E-state index is 12.7. The first kappa shape index (κ1) is 22.8. The Balaban J connectivity index is 1.25. The van der Waals surface area contributed by atoms with E-state index >= 15 is 0 Å². The molecule has 0 atom stereocenters. The fourth-order valence-corrected chi connectivity index (χ4v) is 4.74. The van der Waals surface area contributed by atoms with Crippen molar-refractivity contribution in [1.82, 2.24) is 20.2 Å². The molecule has 5 nitrogen and oxygen atoms in total. The van der Waals surface area contributed by atoms with Gasteiger partial charge in [-0.25, -0.2) is 4.98 Å². The standard InChI is InChI=1S/C25H28Cl2N4O/c1-17-23(30-24(29-17)21-8-7-20(26)15-22(21)27)25(32)28-12-9-18-10-13-31(14-11-18)16-19-5-3-2-4-6-19/h2-8,15,18H,9-14,16H2,1H3,(H,28,32)(H,29,30). The van der Waals surface area contributed by atoms with Crippen LogP contribution in [0.4, 0.5) is 0 Å². The van der Waals surface area contributed by atoms with Crippen LogP contribution in [-0.4, -0.2) is 40.4 Å². The van der Waals surface area contributed by atoms with Crippen LogP contribution in [-0.2, 0) is 6.54 Å². The highest BCUT2D eigenvalue weighted by atomic mass is 35.5. The quantitative estimate of drug-likeness (QED) is 0.463. The number of benzene rings is 2. The molecule has 0 aliphatic carbocycles. The number of rotatable bonds is 7. The lowest BCUT2D eigenvalue weighted by Crippen LogP contribution is -2.35. The summed E-state index contributed by atoms with van der Waals surface area (Å²) in [5.41, 5.74) is 3.22. The first-order valence-corrected chi connectivity index (χ1v) is 11.8. The number of halogens is 2. The zero-order valence-electron chi connectivity index (χ0n) is 18.2. The Morgan fingerprint density at radius 2 is 1.91 bits per heavy atom. The highest BCUT2D eigenvalue weighted by Crippen LogP contribution is 2.29. The van der Waals surface area contributed by atoms with Gasteiger partial charge in [-0.05, 0) is 69.0 Å². The number of H-pyrrole nitrogens is 1. The predicted molar refractivity (Wildman–Crippen MR) is 130 cm³/mol. The molecule has 168 valence electrons. The molecule has 0 radical (unpaired) electrons. The minimum atomic E-state index is -0.156. The van der Waals surface area contributed by atoms with E-state index in [1.807, 2.05) is 6.92 Å². The third-order valence-corrected chi connectivity index (χ3v) is 6.63. The zero-order chi connectivity index (χ0) is 22.5. The number of amides is 1. The molecule has 7 heteroatoms. The van der Waals surface area contributed by atoms with Gasteiger partial charge in [-0.15, -0.1) is 0 Å². The Morgan fingerprint density at radius 1 is 1.16 bits per heavy atom. The summed E-state index contributed by atoms with van der Waals surface area (Å²) in [5.74, 6) is 1.06. The van der Waals surface area contributed by atoms with E-state index in [0.29, 0.717) is 34.0 Å². The minimum absolute atomic E-state index is 0.156. The van der Waals surface area contributed by atoms with Crippen molar-refractivity contribution in [3.63, 3.8) is 0 Å². The molecule has 3 aromatic rings. The van der Waals surface area contributed by atoms with E-state index in [-0.39, 0.29) is 5.91 Å². The van der Waals surface area contributed by atoms with E-state index in [1.54, 1.807) is 18.2 Å². The van der Waals surface area contributed by atoms with Gasteiger partial charge in [0.15, 0.2) is 0 Å². The maximum absolute atomic E-state index is 12.7. The summed E-state index contributed by atoms with van der Waals surface area (Å²) in [6.45, 7) is 5.74. The number of carbonyl (C=O) groups is 1. The van der Waals surface area contributed by atoms with Crippen LogP contribution in [0.25, 0.3) is 11.4 Å². The molecule has 32 heavy (non-hydrogen) atoms. The minimum Gasteiger partial charge on any atom is -0.351 e. The third-order valence-electron chi connectivity index (χ3n) is 6.08. The summed E-state index contributed by atoms with van der Waals surface area (Å²) in [4.78, 5) is 22.9. The van der Waals surface area contributed by atoms with Crippen molar-refractivity contribution in [2.75, 3.05) is 19.6 Å². The fraction of sp³-hybridized carbons (Fsp3) is 0.360. The molecule has 1 fully saturated rings. The summed E-state index contributed by atoms with van der Waals surface area (Å²) in [7, 11) is 0. The first-order chi connectivity index (χ1) is 15.5. The smallest absolute Gasteiger partial charge is 0.271 e. The molecular formula is C25H28Cl2N4O. The average molecular weight is 471 g/mol. The summed E-state index contributed by atoms with van der Waals surface area (Å²) in [5, 5.41) is 4.10. The van der Waals surface area contributed by atoms with Gasteiger partial charge in [-0.2, -0.15) is 0 Å². The highest BCUT2D eigenvalue weighted by molar-refractivity contribution is 6.36. The Hall–Kier alpha value is -2.34. The topological polar surface area (TPSA) is 61.0 Å². The number of carbonyl (C=O) groups excluding carboxylic acids is 1. The molecule has 0 saturated carbocycles. The molecule has 2 heterocycles. The van der Waals surface area contributed by atoms with Gasteiger partial charge in [0.2, 0.25) is 0 Å². The van der Waals surface area contributed by atoms with Crippen molar-refractivity contribution in [3.05, 3.63) is 75.5 Å². The van der Waals surface area contributed by atoms with Crippen molar-refractivity contribution >= 4 is 29.1 Å². The Labute approximate surface area is 199 Å². The second-order valence-electron chi connectivity index (χ2n) is 8.43. The molecule has 1 amide bonds. The lowest BCUT2D eigenvalue weighted by molar-refractivity contribution is 0.0942. The van der Waals surface area contributed by atoms with Gasteiger partial charge in [-0.1, -0.05) is 53.5 Å². The van der Waals surface area contributed by atoms with Crippen molar-refractivity contribution < 1.29 is 4.79 Å². The number of piperidine rings is 1. The lowest BCUT2D eigenvalue weighted by atomic mass is 9.93. The van der Waals surface area contributed by atoms with Gasteiger partial charge in [0.25, 0.3) is 5.91 Å². The number of likely N-dealkylation sites (tertiary alicyclic amines) is 1. The van der Waals surface area contributed by atoms with Crippen LogP contribution in [0.5, 0.6) is 0 Å². The van der Waals surface area contributed by atoms with Gasteiger partial charge in [-0.3, -0.25) is 9.69 Å². The summed E-state index contributed by atoms with van der Waals surface area (Å²) >= 11 is 12.3. The Morgan fingerprint density at radius 3 is 2.62 bits per heavy atom. The zero-order valence-corrected chi connectivity index (χ0v) is 19.7. The average Bonchev–Trinajstić information content (AvgIpc) is 3.17. The van der Waals surface area contributed by atoms with Crippen molar-refractivity contribution in [2.24, 2.45) is 5.92 Å². The largest absolute Gasteiger partial charge is 0.351 e. The number of aromatic nitrogens is 2. The van der Waals surface area contributed by atoms with Crippen LogP contribution in [0.15, 0.2) is 48.5 Å². The van der Waals surface area contributed by atoms with Crippen LogP contribution >= 0.6 is 23.2 Å². The molecule has 0 bridgehead atoms. The maximum Gasteiger partial charge on any atom is 0.271 e. The van der Waals surface area contributed by atoms with Crippen LogP contribution < -0.4 is 5.32 Å². The number of hydrogen-bond acceptors (Lipinski definition) is 3. The molecule has 0 unspecified atom stereocenters. The molecule has 1 aromatic heterocycles. The van der Waals surface area contributed by atoms with E-state index in [4.69, 9.17) is 23.2 Å². The van der Waals surface area contributed by atoms with Crippen LogP contribution in [0.1, 0.15) is 41.0 Å². The van der Waals surface area contributed by atoms with Crippen molar-refractivity contribution in [2.45, 2.75) is 32.7 Å². The third kappa shape index (κ3) is 5.71. The molecule has 2 aromatic carbocycles. The molecule has 1 saturated heterocycles. The molecule has 4 rings (SSSR count). The molecule has 2 N–H and O–H groups in total.